The van der Waals surface area contributed by atoms with E-state index in [0.717, 1.165) is 36.8 Å². The molecule has 1 aliphatic rings. The van der Waals surface area contributed by atoms with Crippen LogP contribution < -0.4 is 0 Å². The summed E-state index contributed by atoms with van der Waals surface area (Å²) in [6, 6.07) is 5.72. The summed E-state index contributed by atoms with van der Waals surface area (Å²) in [5.74, 6) is -0.710. The Hall–Kier alpha value is -2.34. The number of nitrogens with zero attached hydrogens (tertiary/aromatic N) is 1. The van der Waals surface area contributed by atoms with Crippen molar-refractivity contribution >= 4 is 28.9 Å². The Kier molecular flexibility index (Phi) is 6.16. The smallest absolute Gasteiger partial charge is 0.309 e. The molecule has 1 heterocycles. The summed E-state index contributed by atoms with van der Waals surface area (Å²) in [4.78, 5) is 40.4. The van der Waals surface area contributed by atoms with Crippen LogP contribution in [0.3, 0.4) is 0 Å². The van der Waals surface area contributed by atoms with Crippen LogP contribution in [0.25, 0.3) is 0 Å². The predicted octanol–water partition coefficient (Wildman–Crippen LogP) is 3.81. The minimum Gasteiger partial charge on any atom is -0.481 e. The van der Waals surface area contributed by atoms with Gasteiger partial charge in [0, 0.05) is 23.3 Å². The van der Waals surface area contributed by atoms with Crippen molar-refractivity contribution in [3.8, 4) is 0 Å². The van der Waals surface area contributed by atoms with E-state index >= 15 is 0 Å². The summed E-state index contributed by atoms with van der Waals surface area (Å²) in [7, 11) is 0. The lowest BCUT2D eigenvalue weighted by Crippen LogP contribution is -2.16. The lowest BCUT2D eigenvalue weighted by atomic mass is 9.90. The van der Waals surface area contributed by atoms with Crippen LogP contribution >= 0.6 is 11.3 Å². The SMILES string of the molecule is Cc1ccc(CC(=O)Cc2nc(CC(=O)O)cs2)c(C(=O)C2CCCC2)c1. The number of hydrogen-bond donors (Lipinski definition) is 1. The summed E-state index contributed by atoms with van der Waals surface area (Å²) in [5.41, 5.74) is 2.96. The number of benzene rings is 1. The maximum atomic E-state index is 12.9. The van der Waals surface area contributed by atoms with E-state index in [1.54, 1.807) is 5.38 Å². The maximum Gasteiger partial charge on any atom is 0.309 e. The lowest BCUT2D eigenvalue weighted by Gasteiger charge is -2.13. The molecule has 1 aliphatic carbocycles. The van der Waals surface area contributed by atoms with Crippen LogP contribution in [0.15, 0.2) is 23.6 Å². The second kappa shape index (κ2) is 8.57. The van der Waals surface area contributed by atoms with E-state index in [4.69, 9.17) is 5.11 Å². The fourth-order valence-corrected chi connectivity index (χ4v) is 4.41. The molecule has 0 aliphatic heterocycles. The highest BCUT2D eigenvalue weighted by atomic mass is 32.1. The van der Waals surface area contributed by atoms with Crippen molar-refractivity contribution in [1.29, 1.82) is 0 Å². The molecule has 0 atom stereocenters. The standard InChI is InChI=1S/C21H23NO4S/c1-13-6-7-15(18(8-13)21(26)14-4-2-3-5-14)9-17(23)11-19-22-16(12-27-19)10-20(24)25/h6-8,12,14H,2-5,9-11H2,1H3,(H,24,25). The molecule has 5 nitrogen and oxygen atoms in total. The molecule has 0 bridgehead atoms. The van der Waals surface area contributed by atoms with E-state index < -0.39 is 5.97 Å². The molecule has 142 valence electrons. The number of carboxylic acid groups (broad SMARTS) is 1. The summed E-state index contributed by atoms with van der Waals surface area (Å²) in [6.45, 7) is 1.95. The van der Waals surface area contributed by atoms with Gasteiger partial charge in [-0.2, -0.15) is 0 Å². The van der Waals surface area contributed by atoms with Crippen LogP contribution in [0, 0.1) is 12.8 Å². The highest BCUT2D eigenvalue weighted by molar-refractivity contribution is 7.09. The molecule has 27 heavy (non-hydrogen) atoms. The zero-order chi connectivity index (χ0) is 19.4. The number of Topliss-reactive ketones (excluding diaryl/α,β-unsaturated/α-hetero) is 2. The highest BCUT2D eigenvalue weighted by Gasteiger charge is 2.26. The Morgan fingerprint density at radius 2 is 1.89 bits per heavy atom. The summed E-state index contributed by atoms with van der Waals surface area (Å²) < 4.78 is 0. The van der Waals surface area contributed by atoms with E-state index in [-0.39, 0.29) is 36.7 Å². The molecular weight excluding hydrogens is 362 g/mol. The number of hydrogen-bond acceptors (Lipinski definition) is 5. The van der Waals surface area contributed by atoms with Crippen molar-refractivity contribution in [1.82, 2.24) is 4.98 Å². The molecule has 1 fully saturated rings. The van der Waals surface area contributed by atoms with Crippen LogP contribution in [0.5, 0.6) is 0 Å². The average Bonchev–Trinajstić information content (AvgIpc) is 3.27. The molecule has 0 saturated heterocycles. The van der Waals surface area contributed by atoms with Gasteiger partial charge in [0.05, 0.1) is 18.5 Å². The molecule has 0 amide bonds. The number of ketones is 2. The van der Waals surface area contributed by atoms with Crippen molar-refractivity contribution in [3.05, 3.63) is 51.0 Å². The first-order valence-electron chi connectivity index (χ1n) is 9.23. The molecular formula is C21H23NO4S. The number of carboxylic acids is 1. The number of thiazole rings is 1. The van der Waals surface area contributed by atoms with Gasteiger partial charge in [-0.05, 0) is 31.4 Å². The third kappa shape index (κ3) is 5.10. The molecule has 0 spiro atoms. The number of aryl methyl sites for hydroxylation is 1. The zero-order valence-electron chi connectivity index (χ0n) is 15.4. The van der Waals surface area contributed by atoms with Gasteiger partial charge in [0.2, 0.25) is 0 Å². The van der Waals surface area contributed by atoms with Gasteiger partial charge in [0.1, 0.15) is 10.8 Å². The number of carbonyl (C=O) groups excluding carboxylic acids is 2. The Morgan fingerprint density at radius 1 is 1.15 bits per heavy atom. The second-order valence-corrected chi connectivity index (χ2v) is 8.14. The molecule has 1 aromatic carbocycles. The van der Waals surface area contributed by atoms with E-state index in [9.17, 15) is 14.4 Å². The van der Waals surface area contributed by atoms with Crippen LogP contribution in [0.4, 0.5) is 0 Å². The fourth-order valence-electron chi connectivity index (χ4n) is 3.59. The molecule has 1 N–H and O–H groups in total. The van der Waals surface area contributed by atoms with Crippen molar-refractivity contribution < 1.29 is 19.5 Å². The summed E-state index contributed by atoms with van der Waals surface area (Å²) >= 11 is 1.30. The van der Waals surface area contributed by atoms with Crippen LogP contribution in [0.2, 0.25) is 0 Å². The Labute approximate surface area is 162 Å². The highest BCUT2D eigenvalue weighted by Crippen LogP contribution is 2.29. The largest absolute Gasteiger partial charge is 0.481 e. The van der Waals surface area contributed by atoms with E-state index in [2.05, 4.69) is 4.98 Å². The minimum atomic E-state index is -0.937. The van der Waals surface area contributed by atoms with Crippen molar-refractivity contribution in [2.75, 3.05) is 0 Å². The molecule has 0 unspecified atom stereocenters. The van der Waals surface area contributed by atoms with Gasteiger partial charge in [-0.3, -0.25) is 14.4 Å². The summed E-state index contributed by atoms with van der Waals surface area (Å²) in [6.07, 6.45) is 4.29. The van der Waals surface area contributed by atoms with E-state index in [1.807, 2.05) is 25.1 Å². The van der Waals surface area contributed by atoms with Crippen LogP contribution in [-0.4, -0.2) is 27.6 Å². The molecule has 1 saturated carbocycles. The maximum absolute atomic E-state index is 12.9. The monoisotopic (exact) mass is 385 g/mol. The molecule has 0 radical (unpaired) electrons. The van der Waals surface area contributed by atoms with Gasteiger partial charge in [-0.1, -0.05) is 30.5 Å². The zero-order valence-corrected chi connectivity index (χ0v) is 16.2. The Morgan fingerprint density at radius 3 is 2.59 bits per heavy atom. The number of carbonyl (C=O) groups is 3. The van der Waals surface area contributed by atoms with E-state index in [1.165, 1.54) is 11.3 Å². The molecule has 3 rings (SSSR count). The third-order valence-electron chi connectivity index (χ3n) is 4.92. The first kappa shape index (κ1) is 19.4. The van der Waals surface area contributed by atoms with Gasteiger partial charge >= 0.3 is 5.97 Å². The predicted molar refractivity (Wildman–Crippen MR) is 103 cm³/mol. The van der Waals surface area contributed by atoms with Gasteiger partial charge in [0.15, 0.2) is 5.78 Å². The number of aromatic nitrogens is 1. The lowest BCUT2D eigenvalue weighted by molar-refractivity contribution is -0.136. The summed E-state index contributed by atoms with van der Waals surface area (Å²) in [5, 5.41) is 11.1. The first-order chi connectivity index (χ1) is 12.9. The fraction of sp³-hybridized carbons (Fsp3) is 0.429. The van der Waals surface area contributed by atoms with Gasteiger partial charge in [-0.15, -0.1) is 11.3 Å². The molecule has 6 heteroatoms. The topological polar surface area (TPSA) is 84.3 Å². The van der Waals surface area contributed by atoms with Crippen molar-refractivity contribution in [2.45, 2.75) is 51.9 Å². The number of aliphatic carboxylic acids is 1. The van der Waals surface area contributed by atoms with Crippen LogP contribution in [-0.2, 0) is 28.9 Å². The number of rotatable bonds is 8. The minimum absolute atomic E-state index is 0.0180. The Balaban J connectivity index is 1.71. The normalized spacial score (nSPS) is 14.4. The first-order valence-corrected chi connectivity index (χ1v) is 10.1. The average molecular weight is 385 g/mol. The van der Waals surface area contributed by atoms with Gasteiger partial charge < -0.3 is 5.11 Å². The van der Waals surface area contributed by atoms with Gasteiger partial charge in [-0.25, -0.2) is 4.98 Å². The molecule has 1 aromatic heterocycles. The van der Waals surface area contributed by atoms with Crippen molar-refractivity contribution in [2.24, 2.45) is 5.92 Å². The van der Waals surface area contributed by atoms with Crippen LogP contribution in [0.1, 0.15) is 57.9 Å². The second-order valence-electron chi connectivity index (χ2n) is 7.20. The third-order valence-corrected chi connectivity index (χ3v) is 5.82. The van der Waals surface area contributed by atoms with Crippen molar-refractivity contribution in [3.63, 3.8) is 0 Å². The van der Waals surface area contributed by atoms with Gasteiger partial charge in [0.25, 0.3) is 0 Å². The quantitative estimate of drug-likeness (QED) is 0.699. The Bertz CT molecular complexity index is 865. The van der Waals surface area contributed by atoms with E-state index in [0.29, 0.717) is 16.3 Å². The molecule has 2 aromatic rings.